The molecule has 0 aliphatic rings. The summed E-state index contributed by atoms with van der Waals surface area (Å²) in [5.74, 6) is 1.16. The van der Waals surface area contributed by atoms with Crippen LogP contribution < -0.4 is 10.1 Å². The first kappa shape index (κ1) is 12.8. The molecule has 0 unspecified atom stereocenters. The number of benzene rings is 1. The molecule has 1 aromatic rings. The van der Waals surface area contributed by atoms with Crippen LogP contribution in [0.5, 0.6) is 5.75 Å². The number of halogens is 1. The largest absolute Gasteiger partial charge is 0.492 e. The van der Waals surface area contributed by atoms with Crippen LogP contribution in [-0.2, 0) is 11.2 Å². The highest BCUT2D eigenvalue weighted by Gasteiger charge is 2.06. The maximum Gasteiger partial charge on any atom is 0.221 e. The molecule has 0 fully saturated rings. The van der Waals surface area contributed by atoms with Gasteiger partial charge in [-0.3, -0.25) is 4.79 Å². The fourth-order valence-corrected chi connectivity index (χ4v) is 1.62. The number of carbonyl (C=O) groups excluding carboxylic acids is 1. The minimum Gasteiger partial charge on any atom is -0.492 e. The molecule has 0 bridgehead atoms. The van der Waals surface area contributed by atoms with Gasteiger partial charge in [-0.15, -0.1) is 11.6 Å². The standard InChI is InChI=1S/C12H16ClNO2/c1-3-16-12-8-10(6-7-13)4-5-11(12)14-9(2)15/h4-5,8H,3,6-7H2,1-2H3,(H,14,15). The predicted molar refractivity (Wildman–Crippen MR) is 66.3 cm³/mol. The van der Waals surface area contributed by atoms with Gasteiger partial charge in [0.2, 0.25) is 5.91 Å². The molecule has 0 saturated carbocycles. The van der Waals surface area contributed by atoms with Crippen molar-refractivity contribution in [3.05, 3.63) is 23.8 Å². The normalized spacial score (nSPS) is 9.94. The highest BCUT2D eigenvalue weighted by molar-refractivity contribution is 6.18. The molecule has 88 valence electrons. The van der Waals surface area contributed by atoms with Crippen molar-refractivity contribution in [1.82, 2.24) is 0 Å². The molecule has 1 amide bonds. The average molecular weight is 242 g/mol. The van der Waals surface area contributed by atoms with Crippen molar-refractivity contribution < 1.29 is 9.53 Å². The number of carbonyl (C=O) groups is 1. The Morgan fingerprint density at radius 1 is 1.50 bits per heavy atom. The maximum absolute atomic E-state index is 11.0. The number of rotatable bonds is 5. The Hall–Kier alpha value is -1.22. The van der Waals surface area contributed by atoms with E-state index in [0.29, 0.717) is 23.9 Å². The molecule has 0 saturated heterocycles. The third-order valence-electron chi connectivity index (χ3n) is 2.04. The van der Waals surface area contributed by atoms with E-state index in [-0.39, 0.29) is 5.91 Å². The lowest BCUT2D eigenvalue weighted by Crippen LogP contribution is -2.08. The second-order valence-corrected chi connectivity index (χ2v) is 3.76. The van der Waals surface area contributed by atoms with E-state index in [0.717, 1.165) is 12.0 Å². The first-order chi connectivity index (χ1) is 7.67. The van der Waals surface area contributed by atoms with Crippen LogP contribution in [0.25, 0.3) is 0 Å². The summed E-state index contributed by atoms with van der Waals surface area (Å²) >= 11 is 5.68. The van der Waals surface area contributed by atoms with Gasteiger partial charge in [0.05, 0.1) is 12.3 Å². The Labute approximate surface area is 101 Å². The number of alkyl halides is 1. The topological polar surface area (TPSA) is 38.3 Å². The van der Waals surface area contributed by atoms with Crippen LogP contribution in [0.1, 0.15) is 19.4 Å². The smallest absolute Gasteiger partial charge is 0.221 e. The molecule has 16 heavy (non-hydrogen) atoms. The number of nitrogens with one attached hydrogen (secondary N) is 1. The lowest BCUT2D eigenvalue weighted by molar-refractivity contribution is -0.114. The molecular weight excluding hydrogens is 226 g/mol. The minimum absolute atomic E-state index is 0.106. The summed E-state index contributed by atoms with van der Waals surface area (Å²) in [6, 6.07) is 5.70. The molecule has 1 aromatic carbocycles. The number of amides is 1. The van der Waals surface area contributed by atoms with Crippen molar-refractivity contribution in [2.75, 3.05) is 17.8 Å². The fraction of sp³-hybridized carbons (Fsp3) is 0.417. The number of hydrogen-bond acceptors (Lipinski definition) is 2. The van der Waals surface area contributed by atoms with E-state index in [9.17, 15) is 4.79 Å². The molecule has 0 heterocycles. The van der Waals surface area contributed by atoms with Gasteiger partial charge in [0.15, 0.2) is 0 Å². The van der Waals surface area contributed by atoms with Crippen molar-refractivity contribution >= 4 is 23.2 Å². The van der Waals surface area contributed by atoms with Crippen molar-refractivity contribution in [3.63, 3.8) is 0 Å². The van der Waals surface area contributed by atoms with Crippen molar-refractivity contribution in [3.8, 4) is 5.75 Å². The van der Waals surface area contributed by atoms with Crippen LogP contribution >= 0.6 is 11.6 Å². The highest BCUT2D eigenvalue weighted by atomic mass is 35.5. The average Bonchev–Trinajstić information content (AvgIpc) is 2.22. The van der Waals surface area contributed by atoms with Crippen LogP contribution in [0, 0.1) is 0 Å². The third kappa shape index (κ3) is 3.74. The third-order valence-corrected chi connectivity index (χ3v) is 2.23. The molecule has 0 radical (unpaired) electrons. The van der Waals surface area contributed by atoms with Gasteiger partial charge in [-0.2, -0.15) is 0 Å². The Morgan fingerprint density at radius 2 is 2.25 bits per heavy atom. The molecule has 0 atom stereocenters. The van der Waals surface area contributed by atoms with E-state index in [1.54, 1.807) is 0 Å². The zero-order chi connectivity index (χ0) is 12.0. The van der Waals surface area contributed by atoms with Gasteiger partial charge < -0.3 is 10.1 Å². The predicted octanol–water partition coefficient (Wildman–Crippen LogP) is 2.83. The van der Waals surface area contributed by atoms with Crippen LogP contribution in [0.2, 0.25) is 0 Å². The van der Waals surface area contributed by atoms with Crippen molar-refractivity contribution in [1.29, 1.82) is 0 Å². The zero-order valence-electron chi connectivity index (χ0n) is 9.55. The quantitative estimate of drug-likeness (QED) is 0.805. The summed E-state index contributed by atoms with van der Waals surface area (Å²) in [4.78, 5) is 11.0. The number of aryl methyl sites for hydroxylation is 1. The summed E-state index contributed by atoms with van der Waals surface area (Å²) < 4.78 is 5.47. The van der Waals surface area contributed by atoms with Gasteiger partial charge in [-0.25, -0.2) is 0 Å². The first-order valence-corrected chi connectivity index (χ1v) is 5.80. The second kappa shape index (κ2) is 6.38. The van der Waals surface area contributed by atoms with E-state index in [1.165, 1.54) is 6.92 Å². The summed E-state index contributed by atoms with van der Waals surface area (Å²) in [6.45, 7) is 3.95. The molecule has 4 heteroatoms. The van der Waals surface area contributed by atoms with E-state index in [1.807, 2.05) is 25.1 Å². The molecule has 3 nitrogen and oxygen atoms in total. The number of hydrogen-bond donors (Lipinski definition) is 1. The highest BCUT2D eigenvalue weighted by Crippen LogP contribution is 2.26. The summed E-state index contributed by atoms with van der Waals surface area (Å²) in [5, 5.41) is 2.73. The molecule has 0 aliphatic heterocycles. The number of ether oxygens (including phenoxy) is 1. The Balaban J connectivity index is 2.93. The summed E-state index contributed by atoms with van der Waals surface area (Å²) in [5.41, 5.74) is 1.81. The fourth-order valence-electron chi connectivity index (χ4n) is 1.40. The van der Waals surface area contributed by atoms with Gasteiger partial charge in [0, 0.05) is 12.8 Å². The molecule has 0 aromatic heterocycles. The van der Waals surface area contributed by atoms with E-state index < -0.39 is 0 Å². The SMILES string of the molecule is CCOc1cc(CCCl)ccc1NC(C)=O. The Bertz CT molecular complexity index is 366. The Morgan fingerprint density at radius 3 is 2.81 bits per heavy atom. The van der Waals surface area contributed by atoms with Gasteiger partial charge >= 0.3 is 0 Å². The summed E-state index contributed by atoms with van der Waals surface area (Å²) in [6.07, 6.45) is 0.794. The van der Waals surface area contributed by atoms with E-state index in [4.69, 9.17) is 16.3 Å². The van der Waals surface area contributed by atoms with Crippen molar-refractivity contribution in [2.45, 2.75) is 20.3 Å². The number of anilines is 1. The van der Waals surface area contributed by atoms with E-state index >= 15 is 0 Å². The zero-order valence-corrected chi connectivity index (χ0v) is 10.3. The lowest BCUT2D eigenvalue weighted by Gasteiger charge is -2.11. The van der Waals surface area contributed by atoms with E-state index in [2.05, 4.69) is 5.32 Å². The van der Waals surface area contributed by atoms with Crippen LogP contribution in [-0.4, -0.2) is 18.4 Å². The van der Waals surface area contributed by atoms with Gasteiger partial charge in [-0.1, -0.05) is 6.07 Å². The molecule has 0 spiro atoms. The molecule has 1 N–H and O–H groups in total. The monoisotopic (exact) mass is 241 g/mol. The lowest BCUT2D eigenvalue weighted by atomic mass is 10.1. The van der Waals surface area contributed by atoms with Crippen LogP contribution in [0.15, 0.2) is 18.2 Å². The van der Waals surface area contributed by atoms with Crippen molar-refractivity contribution in [2.24, 2.45) is 0 Å². The first-order valence-electron chi connectivity index (χ1n) is 5.26. The Kier molecular flexibility index (Phi) is 5.12. The molecule has 0 aliphatic carbocycles. The molecule has 1 rings (SSSR count). The van der Waals surface area contributed by atoms with Crippen LogP contribution in [0.3, 0.4) is 0 Å². The summed E-state index contributed by atoms with van der Waals surface area (Å²) in [7, 11) is 0. The van der Waals surface area contributed by atoms with Crippen LogP contribution in [0.4, 0.5) is 5.69 Å². The molecular formula is C12H16ClNO2. The van der Waals surface area contributed by atoms with Gasteiger partial charge in [-0.05, 0) is 31.0 Å². The van der Waals surface area contributed by atoms with Gasteiger partial charge in [0.1, 0.15) is 5.75 Å². The van der Waals surface area contributed by atoms with Gasteiger partial charge in [0.25, 0.3) is 0 Å². The second-order valence-electron chi connectivity index (χ2n) is 3.38. The maximum atomic E-state index is 11.0. The minimum atomic E-state index is -0.106.